The predicted molar refractivity (Wildman–Crippen MR) is 119 cm³/mol. The van der Waals surface area contributed by atoms with Gasteiger partial charge in [0, 0.05) is 6.54 Å². The van der Waals surface area contributed by atoms with Crippen LogP contribution < -0.4 is 0 Å². The summed E-state index contributed by atoms with van der Waals surface area (Å²) < 4.78 is 5.77. The van der Waals surface area contributed by atoms with Crippen molar-refractivity contribution in [3.05, 3.63) is 47.5 Å². The number of hydrogen-bond acceptors (Lipinski definition) is 2. The molecule has 0 heterocycles. The van der Waals surface area contributed by atoms with Gasteiger partial charge in [-0.25, -0.2) is 4.79 Å². The van der Waals surface area contributed by atoms with Crippen molar-refractivity contribution < 1.29 is 9.53 Å². The summed E-state index contributed by atoms with van der Waals surface area (Å²) in [7, 11) is 0. The zero-order valence-electron chi connectivity index (χ0n) is 19.1. The van der Waals surface area contributed by atoms with E-state index in [-0.39, 0.29) is 12.1 Å². The first-order valence-electron chi connectivity index (χ1n) is 10.8. The van der Waals surface area contributed by atoms with E-state index < -0.39 is 5.60 Å². The molecule has 158 valence electrons. The number of rotatable bonds is 10. The molecule has 0 aliphatic heterocycles. The fraction of sp³-hybridized carbons (Fsp3) is 0.640. The average molecular weight is 388 g/mol. The molecule has 1 rings (SSSR count). The molecule has 2 atom stereocenters. The quantitative estimate of drug-likeness (QED) is 0.388. The van der Waals surface area contributed by atoms with Crippen LogP contribution in [0.3, 0.4) is 0 Å². The molecule has 0 aliphatic rings. The maximum absolute atomic E-state index is 13.1. The Morgan fingerprint density at radius 1 is 1.11 bits per heavy atom. The van der Waals surface area contributed by atoms with Gasteiger partial charge in [0.2, 0.25) is 0 Å². The summed E-state index contributed by atoms with van der Waals surface area (Å²) in [5.74, 6) is 0.568. The molecule has 1 aromatic rings. The molecule has 0 bridgehead atoms. The topological polar surface area (TPSA) is 29.5 Å². The molecule has 0 spiro atoms. The van der Waals surface area contributed by atoms with E-state index in [1.54, 1.807) is 0 Å². The van der Waals surface area contributed by atoms with Gasteiger partial charge in [-0.05, 0) is 71.8 Å². The van der Waals surface area contributed by atoms with Gasteiger partial charge in [-0.1, -0.05) is 62.2 Å². The maximum atomic E-state index is 13.1. The van der Waals surface area contributed by atoms with Gasteiger partial charge in [-0.2, -0.15) is 0 Å². The summed E-state index contributed by atoms with van der Waals surface area (Å²) in [4.78, 5) is 15.0. The number of allylic oxidation sites excluding steroid dienone is 2. The van der Waals surface area contributed by atoms with Crippen LogP contribution in [-0.2, 0) is 4.74 Å². The minimum atomic E-state index is -0.488. The summed E-state index contributed by atoms with van der Waals surface area (Å²) in [5, 5.41) is 0. The Kier molecular flexibility index (Phi) is 10.3. The summed E-state index contributed by atoms with van der Waals surface area (Å²) in [6.07, 6.45) is 7.30. The van der Waals surface area contributed by atoms with Gasteiger partial charge in [-0.3, -0.25) is 0 Å². The van der Waals surface area contributed by atoms with E-state index >= 15 is 0 Å². The molecule has 0 fully saturated rings. The Balaban J connectivity index is 2.94. The summed E-state index contributed by atoms with van der Waals surface area (Å²) in [6, 6.07) is 10.4. The molecular weight excluding hydrogens is 346 g/mol. The second kappa shape index (κ2) is 11.9. The number of benzene rings is 1. The molecule has 0 saturated carbocycles. The number of ether oxygens (including phenoxy) is 1. The molecule has 1 amide bonds. The first-order chi connectivity index (χ1) is 13.1. The van der Waals surface area contributed by atoms with Crippen LogP contribution in [0.25, 0.3) is 0 Å². The maximum Gasteiger partial charge on any atom is 0.410 e. The standard InChI is InChI=1S/C25H41NO2/c1-8-13-23(22-16-10-9-11-17-22)26(24(27)28-25(5,6)7)19-18-21(4)15-12-14-20(2)3/h9-11,14,16-17,21,23H,8,12-13,15,18-19H2,1-7H3/t21-,23-/m0/s1. The Hall–Kier alpha value is -1.77. The van der Waals surface area contributed by atoms with Gasteiger partial charge in [0.1, 0.15) is 5.60 Å². The Morgan fingerprint density at radius 3 is 2.29 bits per heavy atom. The number of carbonyl (C=O) groups excluding carboxylic acids is 1. The fourth-order valence-corrected chi connectivity index (χ4v) is 3.31. The number of carbonyl (C=O) groups is 1. The third-order valence-electron chi connectivity index (χ3n) is 4.83. The third-order valence-corrected chi connectivity index (χ3v) is 4.83. The molecule has 28 heavy (non-hydrogen) atoms. The fourth-order valence-electron chi connectivity index (χ4n) is 3.31. The molecule has 0 aliphatic carbocycles. The number of nitrogens with zero attached hydrogens (tertiary/aromatic N) is 1. The van der Waals surface area contributed by atoms with Crippen molar-refractivity contribution in [2.45, 2.75) is 92.2 Å². The largest absolute Gasteiger partial charge is 0.444 e. The Bertz CT molecular complexity index is 597. The number of hydrogen-bond donors (Lipinski definition) is 0. The van der Waals surface area contributed by atoms with Gasteiger partial charge >= 0.3 is 6.09 Å². The monoisotopic (exact) mass is 387 g/mol. The molecule has 0 radical (unpaired) electrons. The third kappa shape index (κ3) is 9.43. The van der Waals surface area contributed by atoms with Crippen LogP contribution in [0.4, 0.5) is 4.79 Å². The van der Waals surface area contributed by atoms with E-state index in [2.05, 4.69) is 45.9 Å². The zero-order chi connectivity index (χ0) is 21.2. The van der Waals surface area contributed by atoms with Gasteiger partial charge in [0.25, 0.3) is 0 Å². The second-order valence-electron chi connectivity index (χ2n) is 9.14. The summed E-state index contributed by atoms with van der Waals surface area (Å²) >= 11 is 0. The van der Waals surface area contributed by atoms with Crippen molar-refractivity contribution >= 4 is 6.09 Å². The van der Waals surface area contributed by atoms with Crippen LogP contribution in [0.2, 0.25) is 0 Å². The lowest BCUT2D eigenvalue weighted by Gasteiger charge is -2.34. The van der Waals surface area contributed by atoms with E-state index in [0.29, 0.717) is 5.92 Å². The van der Waals surface area contributed by atoms with Crippen LogP contribution in [0.5, 0.6) is 0 Å². The molecule has 1 aromatic carbocycles. The predicted octanol–water partition coefficient (Wildman–Crippen LogP) is 7.54. The van der Waals surface area contributed by atoms with Crippen LogP contribution >= 0.6 is 0 Å². The lowest BCUT2D eigenvalue weighted by molar-refractivity contribution is 0.0135. The van der Waals surface area contributed by atoms with Gasteiger partial charge in [0.05, 0.1) is 6.04 Å². The normalized spacial score (nSPS) is 13.5. The first kappa shape index (κ1) is 24.3. The van der Waals surface area contributed by atoms with Crippen molar-refractivity contribution in [1.82, 2.24) is 4.90 Å². The Labute approximate surface area is 173 Å². The smallest absolute Gasteiger partial charge is 0.410 e. The molecule has 3 nitrogen and oxygen atoms in total. The highest BCUT2D eigenvalue weighted by Crippen LogP contribution is 2.29. The molecule has 0 saturated heterocycles. The highest BCUT2D eigenvalue weighted by molar-refractivity contribution is 5.69. The molecular formula is C25H41NO2. The second-order valence-corrected chi connectivity index (χ2v) is 9.14. The van der Waals surface area contributed by atoms with Gasteiger partial charge in [0.15, 0.2) is 0 Å². The highest BCUT2D eigenvalue weighted by Gasteiger charge is 2.29. The van der Waals surface area contributed by atoms with E-state index in [0.717, 1.165) is 38.6 Å². The first-order valence-corrected chi connectivity index (χ1v) is 10.8. The molecule has 0 aromatic heterocycles. The lowest BCUT2D eigenvalue weighted by atomic mass is 9.97. The van der Waals surface area contributed by atoms with E-state index in [4.69, 9.17) is 4.74 Å². The number of amides is 1. The van der Waals surface area contributed by atoms with Crippen LogP contribution in [0.1, 0.15) is 92.2 Å². The van der Waals surface area contributed by atoms with E-state index in [1.807, 2.05) is 43.9 Å². The van der Waals surface area contributed by atoms with Crippen molar-refractivity contribution in [3.8, 4) is 0 Å². The molecule has 3 heteroatoms. The van der Waals surface area contributed by atoms with Gasteiger partial charge in [-0.15, -0.1) is 0 Å². The van der Waals surface area contributed by atoms with Crippen molar-refractivity contribution in [2.24, 2.45) is 5.92 Å². The minimum Gasteiger partial charge on any atom is -0.444 e. The zero-order valence-corrected chi connectivity index (χ0v) is 19.1. The van der Waals surface area contributed by atoms with Crippen molar-refractivity contribution in [3.63, 3.8) is 0 Å². The van der Waals surface area contributed by atoms with Gasteiger partial charge < -0.3 is 9.64 Å². The van der Waals surface area contributed by atoms with Crippen LogP contribution in [-0.4, -0.2) is 23.1 Å². The van der Waals surface area contributed by atoms with E-state index in [1.165, 1.54) is 11.1 Å². The summed E-state index contributed by atoms with van der Waals surface area (Å²) in [6.45, 7) is 15.3. The molecule has 0 N–H and O–H groups in total. The average Bonchev–Trinajstić information content (AvgIpc) is 2.60. The van der Waals surface area contributed by atoms with Crippen LogP contribution in [0.15, 0.2) is 42.0 Å². The van der Waals surface area contributed by atoms with E-state index in [9.17, 15) is 4.79 Å². The Morgan fingerprint density at radius 2 is 1.75 bits per heavy atom. The van der Waals surface area contributed by atoms with Crippen molar-refractivity contribution in [2.75, 3.05) is 6.54 Å². The molecule has 0 unspecified atom stereocenters. The lowest BCUT2D eigenvalue weighted by Crippen LogP contribution is -2.40. The van der Waals surface area contributed by atoms with Crippen molar-refractivity contribution in [1.29, 1.82) is 0 Å². The minimum absolute atomic E-state index is 0.0611. The SMILES string of the molecule is CCC[C@@H](c1ccccc1)N(CC[C@@H](C)CCC=C(C)C)C(=O)OC(C)(C)C. The van der Waals surface area contributed by atoms with Crippen LogP contribution in [0, 0.1) is 5.92 Å². The highest BCUT2D eigenvalue weighted by atomic mass is 16.6. The summed E-state index contributed by atoms with van der Waals surface area (Å²) in [5.41, 5.74) is 2.07.